The van der Waals surface area contributed by atoms with Crippen LogP contribution in [0.25, 0.3) is 0 Å². The number of aromatic hydroxyl groups is 2. The first-order chi connectivity index (χ1) is 19.4. The van der Waals surface area contributed by atoms with Gasteiger partial charge >= 0.3 is 0 Å². The van der Waals surface area contributed by atoms with Crippen LogP contribution in [0.1, 0.15) is 72.2 Å². The predicted molar refractivity (Wildman–Crippen MR) is 169 cm³/mol. The van der Waals surface area contributed by atoms with Gasteiger partial charge in [-0.3, -0.25) is 4.90 Å². The van der Waals surface area contributed by atoms with Crippen molar-refractivity contribution in [1.82, 2.24) is 4.90 Å². The van der Waals surface area contributed by atoms with E-state index in [9.17, 15) is 10.2 Å². The highest BCUT2D eigenvalue weighted by atomic mass is 16.5. The number of methoxy groups -OCH3 is 1. The van der Waals surface area contributed by atoms with Crippen molar-refractivity contribution in [1.29, 1.82) is 0 Å². The molecule has 4 rings (SSSR count). The van der Waals surface area contributed by atoms with E-state index in [1.807, 2.05) is 36.4 Å². The Bertz CT molecular complexity index is 1350. The summed E-state index contributed by atoms with van der Waals surface area (Å²) in [6.45, 7) is 15.0. The van der Waals surface area contributed by atoms with Crippen LogP contribution >= 0.6 is 0 Å². The van der Waals surface area contributed by atoms with E-state index in [4.69, 9.17) is 4.74 Å². The topological polar surface area (TPSA) is 52.9 Å². The summed E-state index contributed by atoms with van der Waals surface area (Å²) in [5.41, 5.74) is 7.36. The molecule has 0 atom stereocenters. The average Bonchev–Trinajstić information content (AvgIpc) is 2.95. The van der Waals surface area contributed by atoms with E-state index in [2.05, 4.69) is 95.0 Å². The van der Waals surface area contributed by atoms with E-state index in [1.165, 1.54) is 0 Å². The van der Waals surface area contributed by atoms with Crippen LogP contribution in [-0.4, -0.2) is 35.4 Å². The largest absolute Gasteiger partial charge is 0.507 e. The lowest BCUT2D eigenvalue weighted by atomic mass is 9.76. The zero-order valence-corrected chi connectivity index (χ0v) is 25.7. The molecule has 4 heteroatoms. The molecule has 0 bridgehead atoms. The van der Waals surface area contributed by atoms with Crippen molar-refractivity contribution in [2.75, 3.05) is 20.3 Å². The molecule has 0 heterocycles. The molecule has 0 saturated carbocycles. The van der Waals surface area contributed by atoms with Crippen molar-refractivity contribution in [3.05, 3.63) is 129 Å². The minimum Gasteiger partial charge on any atom is -0.507 e. The van der Waals surface area contributed by atoms with Gasteiger partial charge in [-0.25, -0.2) is 0 Å². The van der Waals surface area contributed by atoms with Crippen LogP contribution in [0.5, 0.6) is 11.5 Å². The van der Waals surface area contributed by atoms with Crippen molar-refractivity contribution in [2.24, 2.45) is 0 Å². The van der Waals surface area contributed by atoms with Crippen molar-refractivity contribution < 1.29 is 14.9 Å². The van der Waals surface area contributed by atoms with E-state index in [-0.39, 0.29) is 10.8 Å². The second-order valence-electron chi connectivity index (χ2n) is 12.3. The molecule has 216 valence electrons. The summed E-state index contributed by atoms with van der Waals surface area (Å²) >= 11 is 0. The number of rotatable bonds is 11. The number of phenols is 2. The Morgan fingerprint density at radius 3 is 1.39 bits per heavy atom. The second-order valence-corrected chi connectivity index (χ2v) is 12.3. The molecule has 4 nitrogen and oxygen atoms in total. The smallest absolute Gasteiger partial charge is 0.124 e. The van der Waals surface area contributed by atoms with Crippen LogP contribution in [-0.2, 0) is 28.7 Å². The van der Waals surface area contributed by atoms with Gasteiger partial charge in [0.25, 0.3) is 0 Å². The van der Waals surface area contributed by atoms with Crippen LogP contribution < -0.4 is 0 Å². The maximum absolute atomic E-state index is 11.6. The van der Waals surface area contributed by atoms with Gasteiger partial charge in [-0.05, 0) is 25.0 Å². The normalized spacial score (nSPS) is 12.2. The molecule has 0 aromatic heterocycles. The van der Waals surface area contributed by atoms with Gasteiger partial charge in [0.15, 0.2) is 0 Å². The summed E-state index contributed by atoms with van der Waals surface area (Å²) in [4.78, 5) is 2.24. The Kier molecular flexibility index (Phi) is 9.26. The third kappa shape index (κ3) is 6.66. The lowest BCUT2D eigenvalue weighted by molar-refractivity contribution is 0.138. The average molecular weight is 552 g/mol. The summed E-state index contributed by atoms with van der Waals surface area (Å²) in [6.07, 6.45) is 0. The summed E-state index contributed by atoms with van der Waals surface area (Å²) in [6, 6.07) is 29.0. The molecule has 0 amide bonds. The number of benzene rings is 4. The van der Waals surface area contributed by atoms with E-state index in [0.717, 1.165) is 44.5 Å². The quantitative estimate of drug-likeness (QED) is 0.198. The fourth-order valence-corrected chi connectivity index (χ4v) is 5.84. The molecule has 4 aromatic carbocycles. The minimum absolute atomic E-state index is 0.325. The Morgan fingerprint density at radius 2 is 1.02 bits per heavy atom. The molecule has 41 heavy (non-hydrogen) atoms. The van der Waals surface area contributed by atoms with E-state index < -0.39 is 0 Å². The second kappa shape index (κ2) is 12.5. The molecule has 0 fully saturated rings. The fraction of sp³-hybridized carbons (Fsp3) is 0.351. The zero-order valence-electron chi connectivity index (χ0n) is 25.7. The number of phenolic OH excluding ortho intramolecular Hbond substituents is 2. The van der Waals surface area contributed by atoms with Crippen LogP contribution in [0.4, 0.5) is 0 Å². The highest BCUT2D eigenvalue weighted by molar-refractivity contribution is 5.53. The van der Waals surface area contributed by atoms with Gasteiger partial charge in [-0.1, -0.05) is 124 Å². The molecule has 0 radical (unpaired) electrons. The first-order valence-corrected chi connectivity index (χ1v) is 14.4. The lowest BCUT2D eigenvalue weighted by Gasteiger charge is -2.31. The summed E-state index contributed by atoms with van der Waals surface area (Å²) in [5.74, 6) is 0.650. The monoisotopic (exact) mass is 551 g/mol. The molecule has 2 N–H and O–H groups in total. The summed E-state index contributed by atoms with van der Waals surface area (Å²) in [7, 11) is 1.70. The maximum Gasteiger partial charge on any atom is 0.124 e. The van der Waals surface area contributed by atoms with Gasteiger partial charge < -0.3 is 14.9 Å². The molecule has 0 unspecified atom stereocenters. The third-order valence-electron chi connectivity index (χ3n) is 8.40. The third-order valence-corrected chi connectivity index (χ3v) is 8.40. The number of ether oxygens (including phenoxy) is 1. The van der Waals surface area contributed by atoms with E-state index in [1.54, 1.807) is 7.11 Å². The molecule has 0 saturated heterocycles. The standard InChI is InChI=1S/C37H45NO3/c1-26-20-28(34(39)32(22-26)36(3,4)30-14-10-8-11-15-30)24-38(18-19-41-7)25-29-21-27(2)23-33(35(29)40)37(5,6)31-16-12-9-13-17-31/h8-17,20-23,39-40H,18-19,24-25H2,1-7H3. The summed E-state index contributed by atoms with van der Waals surface area (Å²) in [5, 5.41) is 23.2. The Balaban J connectivity index is 1.70. The first kappa shape index (κ1) is 30.4. The van der Waals surface area contributed by atoms with Gasteiger partial charge in [-0.2, -0.15) is 0 Å². The van der Waals surface area contributed by atoms with Crippen LogP contribution in [0, 0.1) is 13.8 Å². The van der Waals surface area contributed by atoms with E-state index in [0.29, 0.717) is 37.7 Å². The molecule has 0 aliphatic rings. The van der Waals surface area contributed by atoms with Crippen molar-refractivity contribution >= 4 is 0 Å². The highest BCUT2D eigenvalue weighted by Crippen LogP contribution is 2.41. The Labute approximate surface area is 246 Å². The van der Waals surface area contributed by atoms with Crippen molar-refractivity contribution in [2.45, 2.75) is 65.5 Å². The molecular weight excluding hydrogens is 506 g/mol. The number of hydrogen-bond acceptors (Lipinski definition) is 4. The molecule has 0 aliphatic carbocycles. The van der Waals surface area contributed by atoms with Crippen LogP contribution in [0.2, 0.25) is 0 Å². The minimum atomic E-state index is -0.365. The van der Waals surface area contributed by atoms with Crippen molar-refractivity contribution in [3.63, 3.8) is 0 Å². The maximum atomic E-state index is 11.6. The van der Waals surface area contributed by atoms with Crippen LogP contribution in [0.3, 0.4) is 0 Å². The predicted octanol–water partition coefficient (Wildman–Crippen LogP) is 8.02. The Morgan fingerprint density at radius 1 is 0.634 bits per heavy atom. The molecular formula is C37H45NO3. The first-order valence-electron chi connectivity index (χ1n) is 14.4. The van der Waals surface area contributed by atoms with Gasteiger partial charge in [0, 0.05) is 59.8 Å². The van der Waals surface area contributed by atoms with Gasteiger partial charge in [0.1, 0.15) is 11.5 Å². The number of aryl methyl sites for hydroxylation is 2. The lowest BCUT2D eigenvalue weighted by Crippen LogP contribution is -2.28. The Hall–Kier alpha value is -3.60. The number of hydrogen-bond donors (Lipinski definition) is 2. The molecule has 4 aromatic rings. The van der Waals surface area contributed by atoms with Gasteiger partial charge in [0.05, 0.1) is 6.61 Å². The molecule has 0 aliphatic heterocycles. The van der Waals surface area contributed by atoms with Crippen molar-refractivity contribution in [3.8, 4) is 11.5 Å². The van der Waals surface area contributed by atoms with Gasteiger partial charge in [0.2, 0.25) is 0 Å². The fourth-order valence-electron chi connectivity index (χ4n) is 5.84. The SMILES string of the molecule is COCCN(Cc1cc(C)cc(C(C)(C)c2ccccc2)c1O)Cc1cc(C)cc(C(C)(C)c2ccccc2)c1O. The van der Waals surface area contributed by atoms with E-state index >= 15 is 0 Å². The number of nitrogens with zero attached hydrogens (tertiary/aromatic N) is 1. The zero-order chi connectivity index (χ0) is 29.8. The van der Waals surface area contributed by atoms with Crippen LogP contribution in [0.15, 0.2) is 84.9 Å². The summed E-state index contributed by atoms with van der Waals surface area (Å²) < 4.78 is 5.46. The molecule has 0 spiro atoms. The van der Waals surface area contributed by atoms with Gasteiger partial charge in [-0.15, -0.1) is 0 Å². The highest BCUT2D eigenvalue weighted by Gasteiger charge is 2.30.